The first-order valence-electron chi connectivity index (χ1n) is 6.60. The molecule has 18 heavy (non-hydrogen) atoms. The summed E-state index contributed by atoms with van der Waals surface area (Å²) < 4.78 is 0. The highest BCUT2D eigenvalue weighted by Gasteiger charge is 2.53. The van der Waals surface area contributed by atoms with Gasteiger partial charge >= 0.3 is 0 Å². The maximum Gasteiger partial charge on any atom is 0.274 e. The molecule has 0 amide bonds. The van der Waals surface area contributed by atoms with Gasteiger partial charge in [-0.3, -0.25) is 10.1 Å². The maximum atomic E-state index is 10.9. The predicted octanol–water partition coefficient (Wildman–Crippen LogP) is 3.51. The molecule has 0 aromatic heterocycles. The van der Waals surface area contributed by atoms with E-state index in [0.717, 1.165) is 23.7 Å². The van der Waals surface area contributed by atoms with Crippen molar-refractivity contribution in [3.05, 3.63) is 33.9 Å². The minimum Gasteiger partial charge on any atom is -0.384 e. The summed E-state index contributed by atoms with van der Waals surface area (Å²) in [5.41, 5.74) is 2.37. The Kier molecular flexibility index (Phi) is 2.54. The number of nitrogens with zero attached hydrogens (tertiary/aromatic N) is 1. The summed E-state index contributed by atoms with van der Waals surface area (Å²) in [7, 11) is 0. The summed E-state index contributed by atoms with van der Waals surface area (Å²) in [6, 6.07) is 5.25. The lowest BCUT2D eigenvalue weighted by Gasteiger charge is -2.17. The van der Waals surface area contributed by atoms with E-state index < -0.39 is 0 Å². The highest BCUT2D eigenvalue weighted by molar-refractivity contribution is 5.59. The Morgan fingerprint density at radius 1 is 1.44 bits per heavy atom. The Hall–Kier alpha value is -1.58. The first-order valence-corrected chi connectivity index (χ1v) is 6.60. The third kappa shape index (κ3) is 1.96. The molecule has 0 heterocycles. The van der Waals surface area contributed by atoms with Crippen LogP contribution < -0.4 is 5.32 Å². The molecule has 1 aromatic carbocycles. The molecule has 0 atom stereocenters. The van der Waals surface area contributed by atoms with Crippen LogP contribution in [0.15, 0.2) is 18.2 Å². The Balaban J connectivity index is 1.72. The molecule has 0 unspecified atom stereocenters. The lowest BCUT2D eigenvalue weighted by Crippen LogP contribution is -2.18. The van der Waals surface area contributed by atoms with Gasteiger partial charge in [0.2, 0.25) is 0 Å². The van der Waals surface area contributed by atoms with Crippen LogP contribution in [0.4, 0.5) is 11.4 Å². The lowest BCUT2D eigenvalue weighted by atomic mass is 10.0. The normalized spacial score (nSPS) is 20.5. The number of rotatable bonds is 5. The highest BCUT2D eigenvalue weighted by Crippen LogP contribution is 2.61. The first-order chi connectivity index (χ1) is 8.62. The number of anilines is 1. The second-order valence-corrected chi connectivity index (χ2v) is 5.70. The van der Waals surface area contributed by atoms with Crippen LogP contribution in [-0.2, 0) is 0 Å². The van der Waals surface area contributed by atoms with Gasteiger partial charge in [0, 0.05) is 23.9 Å². The van der Waals surface area contributed by atoms with Crippen molar-refractivity contribution in [2.45, 2.75) is 32.6 Å². The molecule has 2 aliphatic rings. The van der Waals surface area contributed by atoms with E-state index in [1.807, 2.05) is 13.0 Å². The van der Waals surface area contributed by atoms with Crippen LogP contribution >= 0.6 is 0 Å². The SMILES string of the molecule is Cc1c(NCC2(C3CC3)CC2)cccc1[N+](=O)[O-]. The quantitative estimate of drug-likeness (QED) is 0.639. The summed E-state index contributed by atoms with van der Waals surface area (Å²) >= 11 is 0. The molecule has 96 valence electrons. The number of nitrogens with one attached hydrogen (secondary N) is 1. The fraction of sp³-hybridized carbons (Fsp3) is 0.571. The Labute approximate surface area is 107 Å². The van der Waals surface area contributed by atoms with Crippen LogP contribution in [0.25, 0.3) is 0 Å². The minimum atomic E-state index is -0.311. The second-order valence-electron chi connectivity index (χ2n) is 5.70. The molecule has 0 spiro atoms. The second kappa shape index (κ2) is 3.97. The monoisotopic (exact) mass is 246 g/mol. The highest BCUT2D eigenvalue weighted by atomic mass is 16.6. The van der Waals surface area contributed by atoms with Gasteiger partial charge in [-0.15, -0.1) is 0 Å². The van der Waals surface area contributed by atoms with Gasteiger partial charge in [-0.05, 0) is 50.0 Å². The Morgan fingerprint density at radius 2 is 2.17 bits per heavy atom. The predicted molar refractivity (Wildman–Crippen MR) is 70.7 cm³/mol. The van der Waals surface area contributed by atoms with Crippen LogP contribution in [0.2, 0.25) is 0 Å². The van der Waals surface area contributed by atoms with E-state index in [1.165, 1.54) is 25.7 Å². The van der Waals surface area contributed by atoms with Crippen molar-refractivity contribution >= 4 is 11.4 Å². The van der Waals surface area contributed by atoms with Crippen LogP contribution in [0, 0.1) is 28.4 Å². The van der Waals surface area contributed by atoms with Crippen LogP contribution in [0.5, 0.6) is 0 Å². The molecule has 1 aromatic rings. The van der Waals surface area contributed by atoms with Crippen molar-refractivity contribution in [3.63, 3.8) is 0 Å². The number of nitro benzene ring substituents is 1. The smallest absolute Gasteiger partial charge is 0.274 e. The molecule has 0 saturated heterocycles. The molecule has 2 aliphatic carbocycles. The maximum absolute atomic E-state index is 10.9. The van der Waals surface area contributed by atoms with Gasteiger partial charge in [-0.1, -0.05) is 6.07 Å². The number of hydrogen-bond acceptors (Lipinski definition) is 3. The largest absolute Gasteiger partial charge is 0.384 e. The van der Waals surface area contributed by atoms with Gasteiger partial charge < -0.3 is 5.32 Å². The zero-order valence-corrected chi connectivity index (χ0v) is 10.6. The summed E-state index contributed by atoms with van der Waals surface area (Å²) in [4.78, 5) is 10.6. The molecule has 0 radical (unpaired) electrons. The average molecular weight is 246 g/mol. The zero-order chi connectivity index (χ0) is 12.8. The number of hydrogen-bond donors (Lipinski definition) is 1. The van der Waals surface area contributed by atoms with Crippen LogP contribution in [0.3, 0.4) is 0 Å². The first kappa shape index (κ1) is 11.5. The topological polar surface area (TPSA) is 55.2 Å². The summed E-state index contributed by atoms with van der Waals surface area (Å²) in [6.07, 6.45) is 5.38. The fourth-order valence-corrected chi connectivity index (χ4v) is 2.87. The van der Waals surface area contributed by atoms with E-state index in [4.69, 9.17) is 0 Å². The van der Waals surface area contributed by atoms with Crippen LogP contribution in [-0.4, -0.2) is 11.5 Å². The average Bonchev–Trinajstić information content (AvgIpc) is 3.19. The number of nitro groups is 1. The molecule has 2 fully saturated rings. The van der Waals surface area contributed by atoms with Gasteiger partial charge in [-0.25, -0.2) is 0 Å². The lowest BCUT2D eigenvalue weighted by molar-refractivity contribution is -0.385. The third-order valence-electron chi connectivity index (χ3n) is 4.47. The molecule has 0 aliphatic heterocycles. The summed E-state index contributed by atoms with van der Waals surface area (Å²) in [5, 5.41) is 14.3. The van der Waals surface area contributed by atoms with Crippen molar-refractivity contribution in [3.8, 4) is 0 Å². The van der Waals surface area contributed by atoms with Crippen molar-refractivity contribution in [2.75, 3.05) is 11.9 Å². The molecular formula is C14H18N2O2. The molecule has 3 rings (SSSR count). The van der Waals surface area contributed by atoms with E-state index in [2.05, 4.69) is 5.32 Å². The van der Waals surface area contributed by atoms with E-state index >= 15 is 0 Å². The standard InChI is InChI=1S/C14H18N2O2/c1-10-12(3-2-4-13(10)16(17)18)15-9-14(7-8-14)11-5-6-11/h2-4,11,15H,5-9H2,1H3. The summed E-state index contributed by atoms with van der Waals surface area (Å²) in [6.45, 7) is 2.79. The van der Waals surface area contributed by atoms with Crippen molar-refractivity contribution in [2.24, 2.45) is 11.3 Å². The molecular weight excluding hydrogens is 228 g/mol. The third-order valence-corrected chi connectivity index (χ3v) is 4.47. The molecule has 2 saturated carbocycles. The van der Waals surface area contributed by atoms with Gasteiger partial charge in [0.05, 0.1) is 4.92 Å². The van der Waals surface area contributed by atoms with Crippen molar-refractivity contribution in [1.29, 1.82) is 0 Å². The molecule has 1 N–H and O–H groups in total. The van der Waals surface area contributed by atoms with Gasteiger partial charge in [0.15, 0.2) is 0 Å². The molecule has 0 bridgehead atoms. The molecule has 4 heteroatoms. The van der Waals surface area contributed by atoms with E-state index in [0.29, 0.717) is 5.41 Å². The Morgan fingerprint density at radius 3 is 2.72 bits per heavy atom. The van der Waals surface area contributed by atoms with Crippen molar-refractivity contribution in [1.82, 2.24) is 0 Å². The summed E-state index contributed by atoms with van der Waals surface area (Å²) in [5.74, 6) is 0.906. The van der Waals surface area contributed by atoms with E-state index in [-0.39, 0.29) is 10.6 Å². The van der Waals surface area contributed by atoms with Gasteiger partial charge in [0.25, 0.3) is 5.69 Å². The van der Waals surface area contributed by atoms with Gasteiger partial charge in [0.1, 0.15) is 0 Å². The van der Waals surface area contributed by atoms with E-state index in [1.54, 1.807) is 12.1 Å². The molecule has 4 nitrogen and oxygen atoms in total. The number of benzene rings is 1. The zero-order valence-electron chi connectivity index (χ0n) is 10.6. The van der Waals surface area contributed by atoms with Crippen LogP contribution in [0.1, 0.15) is 31.2 Å². The van der Waals surface area contributed by atoms with E-state index in [9.17, 15) is 10.1 Å². The minimum absolute atomic E-state index is 0.205. The Bertz CT molecular complexity index is 491. The van der Waals surface area contributed by atoms with Crippen molar-refractivity contribution < 1.29 is 4.92 Å². The fourth-order valence-electron chi connectivity index (χ4n) is 2.87. The van der Waals surface area contributed by atoms with Gasteiger partial charge in [-0.2, -0.15) is 0 Å².